The van der Waals surface area contributed by atoms with Gasteiger partial charge in [0.1, 0.15) is 12.4 Å². The van der Waals surface area contributed by atoms with Crippen LogP contribution < -0.4 is 4.74 Å². The normalized spacial score (nSPS) is 10.6. The second-order valence-electron chi connectivity index (χ2n) is 3.85. The van der Waals surface area contributed by atoms with Gasteiger partial charge in [-0.05, 0) is 55.1 Å². The highest BCUT2D eigenvalue weighted by Gasteiger charge is 2.05. The number of hydrogen-bond acceptors (Lipinski definition) is 3. The van der Waals surface area contributed by atoms with Crippen molar-refractivity contribution in [2.24, 2.45) is 0 Å². The third-order valence-corrected chi connectivity index (χ3v) is 2.75. The summed E-state index contributed by atoms with van der Waals surface area (Å²) in [4.78, 5) is 13.2. The molecule has 4 heteroatoms. The number of ketones is 1. The smallest absolute Gasteiger partial charge is 0.159 e. The fourth-order valence-corrected chi connectivity index (χ4v) is 1.67. The van der Waals surface area contributed by atoms with Crippen molar-refractivity contribution >= 4 is 21.7 Å². The first-order valence-corrected chi connectivity index (χ1v) is 5.88. The highest BCUT2D eigenvalue weighted by atomic mass is 79.9. The predicted molar refractivity (Wildman–Crippen MR) is 68.2 cm³/mol. The highest BCUT2D eigenvalue weighted by molar-refractivity contribution is 9.10. The maximum Gasteiger partial charge on any atom is 0.159 e. The number of rotatable bonds is 5. The van der Waals surface area contributed by atoms with Gasteiger partial charge in [-0.1, -0.05) is 0 Å². The van der Waals surface area contributed by atoms with Gasteiger partial charge >= 0.3 is 0 Å². The van der Waals surface area contributed by atoms with Crippen molar-refractivity contribution in [3.63, 3.8) is 0 Å². The lowest BCUT2D eigenvalue weighted by molar-refractivity contribution is 0.101. The monoisotopic (exact) mass is 285 g/mol. The molecular weight excluding hydrogens is 270 g/mol. The number of hydrogen-bond donors (Lipinski definition) is 0. The van der Waals surface area contributed by atoms with Crippen molar-refractivity contribution in [3.8, 4) is 5.75 Å². The molecular formula is C12H16BrNO2. The van der Waals surface area contributed by atoms with Gasteiger partial charge in [-0.15, -0.1) is 0 Å². The van der Waals surface area contributed by atoms with Crippen LogP contribution in [0.3, 0.4) is 0 Å². The number of Topliss-reactive ketones (excluding diaryl/α,β-unsaturated/α-hetero) is 1. The molecule has 0 aliphatic carbocycles. The van der Waals surface area contributed by atoms with E-state index in [1.807, 2.05) is 20.2 Å². The summed E-state index contributed by atoms with van der Waals surface area (Å²) in [7, 11) is 3.99. The third-order valence-electron chi connectivity index (χ3n) is 2.13. The summed E-state index contributed by atoms with van der Waals surface area (Å²) in [5.74, 6) is 0.826. The van der Waals surface area contributed by atoms with E-state index in [-0.39, 0.29) is 5.78 Å². The molecule has 0 saturated carbocycles. The molecule has 0 aliphatic heterocycles. The Labute approximate surface area is 105 Å². The highest BCUT2D eigenvalue weighted by Crippen LogP contribution is 2.26. The molecule has 0 amide bonds. The van der Waals surface area contributed by atoms with Gasteiger partial charge in [0, 0.05) is 12.1 Å². The van der Waals surface area contributed by atoms with Gasteiger partial charge in [-0.25, -0.2) is 0 Å². The van der Waals surface area contributed by atoms with Crippen molar-refractivity contribution in [3.05, 3.63) is 28.2 Å². The molecule has 3 nitrogen and oxygen atoms in total. The largest absolute Gasteiger partial charge is 0.491 e. The van der Waals surface area contributed by atoms with Gasteiger partial charge in [-0.2, -0.15) is 0 Å². The molecule has 0 bridgehead atoms. The predicted octanol–water partition coefficient (Wildman–Crippen LogP) is 2.59. The lowest BCUT2D eigenvalue weighted by atomic mass is 10.1. The fraction of sp³-hybridized carbons (Fsp3) is 0.417. The molecule has 0 unspecified atom stereocenters. The molecule has 1 rings (SSSR count). The summed E-state index contributed by atoms with van der Waals surface area (Å²) in [5.41, 5.74) is 0.687. The summed E-state index contributed by atoms with van der Waals surface area (Å²) < 4.78 is 6.40. The molecule has 16 heavy (non-hydrogen) atoms. The summed E-state index contributed by atoms with van der Waals surface area (Å²) in [6.07, 6.45) is 0. The topological polar surface area (TPSA) is 29.5 Å². The van der Waals surface area contributed by atoms with Gasteiger partial charge in [0.2, 0.25) is 0 Å². The van der Waals surface area contributed by atoms with Crippen LogP contribution in [0, 0.1) is 0 Å². The molecule has 1 aromatic carbocycles. The van der Waals surface area contributed by atoms with Crippen LogP contribution in [0.15, 0.2) is 22.7 Å². The van der Waals surface area contributed by atoms with Crippen molar-refractivity contribution in [2.75, 3.05) is 27.2 Å². The zero-order chi connectivity index (χ0) is 12.1. The van der Waals surface area contributed by atoms with E-state index >= 15 is 0 Å². The maximum absolute atomic E-state index is 11.1. The van der Waals surface area contributed by atoms with Crippen LogP contribution in [0.2, 0.25) is 0 Å². The van der Waals surface area contributed by atoms with Gasteiger partial charge in [0.25, 0.3) is 0 Å². The minimum Gasteiger partial charge on any atom is -0.491 e. The number of likely N-dealkylation sites (N-methyl/N-ethyl adjacent to an activating group) is 1. The zero-order valence-electron chi connectivity index (χ0n) is 9.79. The lowest BCUT2D eigenvalue weighted by Gasteiger charge is -2.12. The van der Waals surface area contributed by atoms with E-state index in [2.05, 4.69) is 20.8 Å². The molecule has 0 atom stereocenters. The molecule has 0 fully saturated rings. The Morgan fingerprint density at radius 3 is 2.62 bits per heavy atom. The summed E-state index contributed by atoms with van der Waals surface area (Å²) in [6, 6.07) is 5.38. The van der Waals surface area contributed by atoms with E-state index in [1.165, 1.54) is 0 Å². The Morgan fingerprint density at radius 2 is 2.12 bits per heavy atom. The van der Waals surface area contributed by atoms with Crippen LogP contribution in [0.1, 0.15) is 17.3 Å². The standard InChI is InChI=1S/C12H16BrNO2/c1-9(15)10-4-5-12(11(13)8-10)16-7-6-14(2)3/h4-5,8H,6-7H2,1-3H3. The second kappa shape index (κ2) is 6.01. The average Bonchev–Trinajstić information content (AvgIpc) is 2.19. The van der Waals surface area contributed by atoms with Gasteiger partial charge in [0.05, 0.1) is 4.47 Å². The molecule has 0 spiro atoms. The molecule has 0 aromatic heterocycles. The number of benzene rings is 1. The van der Waals surface area contributed by atoms with E-state index in [0.29, 0.717) is 12.2 Å². The number of halogens is 1. The van der Waals surface area contributed by atoms with Crippen LogP contribution in [-0.2, 0) is 0 Å². The lowest BCUT2D eigenvalue weighted by Crippen LogP contribution is -2.19. The number of nitrogens with zero attached hydrogens (tertiary/aromatic N) is 1. The Balaban J connectivity index is 2.64. The van der Waals surface area contributed by atoms with E-state index in [9.17, 15) is 4.79 Å². The van der Waals surface area contributed by atoms with Gasteiger partial charge in [0.15, 0.2) is 5.78 Å². The molecule has 0 N–H and O–H groups in total. The molecule has 0 heterocycles. The summed E-state index contributed by atoms with van der Waals surface area (Å²) in [6.45, 7) is 3.04. The first-order chi connectivity index (χ1) is 7.50. The van der Waals surface area contributed by atoms with Crippen molar-refractivity contribution in [1.29, 1.82) is 0 Å². The summed E-state index contributed by atoms with van der Waals surface area (Å²) in [5, 5.41) is 0. The first-order valence-electron chi connectivity index (χ1n) is 5.08. The van der Waals surface area contributed by atoms with E-state index in [0.717, 1.165) is 16.8 Å². The minimum atomic E-state index is 0.0561. The van der Waals surface area contributed by atoms with E-state index in [4.69, 9.17) is 4.74 Å². The Hall–Kier alpha value is -0.870. The number of ether oxygens (including phenoxy) is 1. The van der Waals surface area contributed by atoms with Crippen LogP contribution in [0.5, 0.6) is 5.75 Å². The van der Waals surface area contributed by atoms with Crippen LogP contribution in [-0.4, -0.2) is 37.9 Å². The van der Waals surface area contributed by atoms with Crippen molar-refractivity contribution in [2.45, 2.75) is 6.92 Å². The minimum absolute atomic E-state index is 0.0561. The Bertz CT molecular complexity index is 377. The van der Waals surface area contributed by atoms with Crippen molar-refractivity contribution < 1.29 is 9.53 Å². The number of carbonyl (C=O) groups is 1. The van der Waals surface area contributed by atoms with Gasteiger partial charge in [-0.3, -0.25) is 4.79 Å². The van der Waals surface area contributed by atoms with Crippen molar-refractivity contribution in [1.82, 2.24) is 4.90 Å². The molecule has 0 saturated heterocycles. The number of carbonyl (C=O) groups excluding carboxylic acids is 1. The van der Waals surface area contributed by atoms with Crippen LogP contribution >= 0.6 is 15.9 Å². The Morgan fingerprint density at radius 1 is 1.44 bits per heavy atom. The van der Waals surface area contributed by atoms with Gasteiger partial charge < -0.3 is 9.64 Å². The molecule has 0 aliphatic rings. The first kappa shape index (κ1) is 13.2. The maximum atomic E-state index is 11.1. The molecule has 0 radical (unpaired) electrons. The quantitative estimate of drug-likeness (QED) is 0.779. The SMILES string of the molecule is CC(=O)c1ccc(OCCN(C)C)c(Br)c1. The fourth-order valence-electron chi connectivity index (χ4n) is 1.18. The van der Waals surface area contributed by atoms with E-state index < -0.39 is 0 Å². The molecule has 1 aromatic rings. The zero-order valence-corrected chi connectivity index (χ0v) is 11.4. The molecule has 88 valence electrons. The Kier molecular flexibility index (Phi) is 4.96. The average molecular weight is 286 g/mol. The van der Waals surface area contributed by atoms with Crippen LogP contribution in [0.4, 0.5) is 0 Å². The summed E-state index contributed by atoms with van der Waals surface area (Å²) >= 11 is 3.39. The second-order valence-corrected chi connectivity index (χ2v) is 4.71. The van der Waals surface area contributed by atoms with Crippen LogP contribution in [0.25, 0.3) is 0 Å². The van der Waals surface area contributed by atoms with E-state index in [1.54, 1.807) is 19.1 Å². The third kappa shape index (κ3) is 3.94.